The molecule has 0 saturated carbocycles. The van der Waals surface area contributed by atoms with Crippen LogP contribution in [-0.2, 0) is 0 Å². The molecule has 2 atom stereocenters. The molecule has 0 radical (unpaired) electrons. The van der Waals surface area contributed by atoms with Crippen LogP contribution in [0.5, 0.6) is 0 Å². The van der Waals surface area contributed by atoms with Gasteiger partial charge in [-0.05, 0) is 37.7 Å². The van der Waals surface area contributed by atoms with Crippen molar-refractivity contribution in [2.75, 3.05) is 11.5 Å². The van der Waals surface area contributed by atoms with Gasteiger partial charge < -0.3 is 5.32 Å². The highest BCUT2D eigenvalue weighted by Gasteiger charge is 2.09. The van der Waals surface area contributed by atoms with Crippen LogP contribution < -0.4 is 5.32 Å². The first-order chi connectivity index (χ1) is 7.24. The minimum atomic E-state index is 0.686. The predicted octanol–water partition coefficient (Wildman–Crippen LogP) is 4.08. The van der Waals surface area contributed by atoms with Gasteiger partial charge in [-0.15, -0.1) is 0 Å². The molecule has 15 heavy (non-hydrogen) atoms. The Morgan fingerprint density at radius 3 is 2.40 bits per heavy atom. The fourth-order valence-corrected chi connectivity index (χ4v) is 2.55. The molecule has 0 aromatic heterocycles. The molecule has 0 bridgehead atoms. The maximum atomic E-state index is 3.75. The molecule has 0 heterocycles. The first-order valence-corrected chi connectivity index (χ1v) is 7.73. The molecule has 0 aliphatic heterocycles. The third kappa shape index (κ3) is 9.25. The second-order valence-corrected chi connectivity index (χ2v) is 5.69. The molecule has 0 aliphatic carbocycles. The minimum Gasteiger partial charge on any atom is -0.311 e. The Bertz CT molecular complexity index is 128. The predicted molar refractivity (Wildman–Crippen MR) is 73.8 cm³/mol. The SMILES string of the molecule is CCCCC(CC)NC(C)CCSCC. The van der Waals surface area contributed by atoms with Crippen LogP contribution in [0.3, 0.4) is 0 Å². The summed E-state index contributed by atoms with van der Waals surface area (Å²) in [7, 11) is 0. The standard InChI is InChI=1S/C13H29NS/c1-5-8-9-13(6-2)14-12(4)10-11-15-7-3/h12-14H,5-11H2,1-4H3. The molecular weight excluding hydrogens is 202 g/mol. The third-order valence-electron chi connectivity index (χ3n) is 2.82. The van der Waals surface area contributed by atoms with E-state index in [1.807, 2.05) is 11.8 Å². The molecule has 1 N–H and O–H groups in total. The lowest BCUT2D eigenvalue weighted by Crippen LogP contribution is -2.36. The first kappa shape index (κ1) is 15.3. The van der Waals surface area contributed by atoms with Crippen LogP contribution in [0, 0.1) is 0 Å². The molecular formula is C13H29NS. The molecule has 0 aliphatic rings. The van der Waals surface area contributed by atoms with E-state index < -0.39 is 0 Å². The Labute approximate surface area is 101 Å². The third-order valence-corrected chi connectivity index (χ3v) is 3.75. The Hall–Kier alpha value is 0.310. The summed E-state index contributed by atoms with van der Waals surface area (Å²) in [4.78, 5) is 0. The van der Waals surface area contributed by atoms with Gasteiger partial charge in [0.2, 0.25) is 0 Å². The van der Waals surface area contributed by atoms with Gasteiger partial charge in [0, 0.05) is 12.1 Å². The normalized spacial score (nSPS) is 15.2. The van der Waals surface area contributed by atoms with E-state index in [9.17, 15) is 0 Å². The van der Waals surface area contributed by atoms with Gasteiger partial charge in [0.25, 0.3) is 0 Å². The van der Waals surface area contributed by atoms with Gasteiger partial charge in [-0.3, -0.25) is 0 Å². The summed E-state index contributed by atoms with van der Waals surface area (Å²) < 4.78 is 0. The van der Waals surface area contributed by atoms with Crippen molar-refractivity contribution in [2.45, 2.75) is 71.9 Å². The van der Waals surface area contributed by atoms with Crippen LogP contribution in [0.15, 0.2) is 0 Å². The summed E-state index contributed by atoms with van der Waals surface area (Å²) in [6, 6.07) is 1.43. The van der Waals surface area contributed by atoms with Crippen LogP contribution >= 0.6 is 11.8 Å². The number of hydrogen-bond donors (Lipinski definition) is 1. The van der Waals surface area contributed by atoms with Crippen molar-refractivity contribution in [3.05, 3.63) is 0 Å². The highest BCUT2D eigenvalue weighted by Crippen LogP contribution is 2.08. The van der Waals surface area contributed by atoms with Gasteiger partial charge in [0.1, 0.15) is 0 Å². The van der Waals surface area contributed by atoms with Crippen molar-refractivity contribution in [2.24, 2.45) is 0 Å². The molecule has 0 aromatic rings. The second kappa shape index (κ2) is 10.8. The minimum absolute atomic E-state index is 0.686. The van der Waals surface area contributed by atoms with E-state index in [4.69, 9.17) is 0 Å². The topological polar surface area (TPSA) is 12.0 Å². The van der Waals surface area contributed by atoms with Crippen molar-refractivity contribution in [1.29, 1.82) is 0 Å². The van der Waals surface area contributed by atoms with E-state index in [0.29, 0.717) is 6.04 Å². The lowest BCUT2D eigenvalue weighted by molar-refractivity contribution is 0.399. The zero-order valence-electron chi connectivity index (χ0n) is 11.0. The van der Waals surface area contributed by atoms with E-state index in [1.54, 1.807) is 0 Å². The maximum Gasteiger partial charge on any atom is 0.00669 e. The summed E-state index contributed by atoms with van der Waals surface area (Å²) in [6.07, 6.45) is 6.60. The summed E-state index contributed by atoms with van der Waals surface area (Å²) in [5, 5.41) is 3.75. The van der Waals surface area contributed by atoms with Crippen molar-refractivity contribution >= 4 is 11.8 Å². The Morgan fingerprint density at radius 1 is 1.13 bits per heavy atom. The lowest BCUT2D eigenvalue weighted by Gasteiger charge is -2.22. The van der Waals surface area contributed by atoms with E-state index in [1.165, 1.54) is 43.6 Å². The summed E-state index contributed by atoms with van der Waals surface area (Å²) in [6.45, 7) is 9.12. The molecule has 0 amide bonds. The number of rotatable bonds is 10. The van der Waals surface area contributed by atoms with Crippen molar-refractivity contribution in [3.8, 4) is 0 Å². The van der Waals surface area contributed by atoms with Gasteiger partial charge in [-0.2, -0.15) is 11.8 Å². The van der Waals surface area contributed by atoms with Gasteiger partial charge in [0.05, 0.1) is 0 Å². The number of thioether (sulfide) groups is 1. The average molecular weight is 231 g/mol. The fourth-order valence-electron chi connectivity index (χ4n) is 1.75. The number of nitrogens with one attached hydrogen (secondary N) is 1. The van der Waals surface area contributed by atoms with Gasteiger partial charge in [-0.1, -0.05) is 33.6 Å². The molecule has 92 valence electrons. The highest BCUT2D eigenvalue weighted by atomic mass is 32.2. The molecule has 0 fully saturated rings. The summed E-state index contributed by atoms with van der Waals surface area (Å²) in [5.41, 5.74) is 0. The molecule has 0 aromatic carbocycles. The summed E-state index contributed by atoms with van der Waals surface area (Å²) in [5.74, 6) is 2.55. The molecule has 0 rings (SSSR count). The Morgan fingerprint density at radius 2 is 1.87 bits per heavy atom. The number of unbranched alkanes of at least 4 members (excludes halogenated alkanes) is 1. The zero-order chi connectivity index (χ0) is 11.5. The summed E-state index contributed by atoms with van der Waals surface area (Å²) >= 11 is 2.05. The van der Waals surface area contributed by atoms with E-state index >= 15 is 0 Å². The average Bonchev–Trinajstić information content (AvgIpc) is 2.24. The first-order valence-electron chi connectivity index (χ1n) is 6.58. The van der Waals surface area contributed by atoms with Gasteiger partial charge in [0.15, 0.2) is 0 Å². The van der Waals surface area contributed by atoms with Crippen LogP contribution in [-0.4, -0.2) is 23.6 Å². The fraction of sp³-hybridized carbons (Fsp3) is 1.00. The molecule has 2 unspecified atom stereocenters. The largest absolute Gasteiger partial charge is 0.311 e. The van der Waals surface area contributed by atoms with Crippen LogP contribution in [0.2, 0.25) is 0 Å². The highest BCUT2D eigenvalue weighted by molar-refractivity contribution is 7.99. The Balaban J connectivity index is 3.55. The van der Waals surface area contributed by atoms with Crippen molar-refractivity contribution in [3.63, 3.8) is 0 Å². The van der Waals surface area contributed by atoms with Crippen molar-refractivity contribution in [1.82, 2.24) is 5.32 Å². The zero-order valence-corrected chi connectivity index (χ0v) is 11.8. The second-order valence-electron chi connectivity index (χ2n) is 4.30. The molecule has 0 spiro atoms. The van der Waals surface area contributed by atoms with Crippen LogP contribution in [0.25, 0.3) is 0 Å². The molecule has 1 nitrogen and oxygen atoms in total. The Kier molecular flexibility index (Phi) is 11.0. The van der Waals surface area contributed by atoms with E-state index in [-0.39, 0.29) is 0 Å². The van der Waals surface area contributed by atoms with Crippen molar-refractivity contribution < 1.29 is 0 Å². The van der Waals surface area contributed by atoms with Gasteiger partial charge in [-0.25, -0.2) is 0 Å². The number of hydrogen-bond acceptors (Lipinski definition) is 2. The van der Waals surface area contributed by atoms with E-state index in [0.717, 1.165) is 6.04 Å². The quantitative estimate of drug-likeness (QED) is 0.569. The molecule has 2 heteroatoms. The van der Waals surface area contributed by atoms with Gasteiger partial charge >= 0.3 is 0 Å². The van der Waals surface area contributed by atoms with Crippen LogP contribution in [0.4, 0.5) is 0 Å². The monoisotopic (exact) mass is 231 g/mol. The van der Waals surface area contributed by atoms with E-state index in [2.05, 4.69) is 33.0 Å². The smallest absolute Gasteiger partial charge is 0.00669 e. The maximum absolute atomic E-state index is 3.75. The molecule has 0 saturated heterocycles. The lowest BCUT2D eigenvalue weighted by atomic mass is 10.1. The van der Waals surface area contributed by atoms with Crippen LogP contribution in [0.1, 0.15) is 59.8 Å².